The predicted molar refractivity (Wildman–Crippen MR) is 63.8 cm³/mol. The fraction of sp³-hybridized carbons (Fsp3) is 0.364. The molecule has 1 aliphatic heterocycles. The molecule has 1 saturated heterocycles. The number of carbonyl (C=O) groups excluding carboxylic acids is 1. The molecule has 2 N–H and O–H groups in total. The summed E-state index contributed by atoms with van der Waals surface area (Å²) in [6.07, 6.45) is 0. The third kappa shape index (κ3) is 2.25. The van der Waals surface area contributed by atoms with Crippen LogP contribution in [-0.4, -0.2) is 37.1 Å². The highest BCUT2D eigenvalue weighted by molar-refractivity contribution is 5.98. The van der Waals surface area contributed by atoms with Crippen LogP contribution >= 0.6 is 0 Å². The molecular weight excluding hydrogens is 238 g/mol. The molecule has 7 heteroatoms. The first-order chi connectivity index (χ1) is 8.63. The van der Waals surface area contributed by atoms with Gasteiger partial charge in [0.15, 0.2) is 0 Å². The van der Waals surface area contributed by atoms with Gasteiger partial charge in [-0.05, 0) is 6.07 Å². The predicted octanol–water partition coefficient (Wildman–Crippen LogP) is 0.305. The van der Waals surface area contributed by atoms with Gasteiger partial charge in [0.25, 0.3) is 5.91 Å². The molecule has 1 heterocycles. The minimum absolute atomic E-state index is 0.00715. The molecule has 0 aliphatic carbocycles. The normalized spacial score (nSPS) is 14.7. The molecule has 0 aromatic heterocycles. The molecular formula is C11H13N3O4. The number of nitrogens with one attached hydrogen (secondary N) is 2. The molecule has 7 nitrogen and oxygen atoms in total. The Labute approximate surface area is 103 Å². The Kier molecular flexibility index (Phi) is 3.42. The SMILES string of the molecule is COc1c(C(=O)NC2CNC2)cccc1[N+](=O)[O-]. The lowest BCUT2D eigenvalue weighted by Gasteiger charge is -2.28. The number of hydrogen-bond acceptors (Lipinski definition) is 5. The van der Waals surface area contributed by atoms with Crippen molar-refractivity contribution < 1.29 is 14.5 Å². The number of methoxy groups -OCH3 is 1. The summed E-state index contributed by atoms with van der Waals surface area (Å²) in [6, 6.07) is 4.35. The second-order valence-electron chi connectivity index (χ2n) is 3.94. The number of carbonyl (C=O) groups is 1. The average Bonchev–Trinajstić information content (AvgIpc) is 2.32. The Morgan fingerprint density at radius 3 is 2.78 bits per heavy atom. The molecule has 2 rings (SSSR count). The molecule has 0 radical (unpaired) electrons. The van der Waals surface area contributed by atoms with Gasteiger partial charge in [0.1, 0.15) is 0 Å². The van der Waals surface area contributed by atoms with Gasteiger partial charge in [0.05, 0.1) is 23.6 Å². The van der Waals surface area contributed by atoms with Crippen molar-refractivity contribution >= 4 is 11.6 Å². The molecule has 0 spiro atoms. The van der Waals surface area contributed by atoms with E-state index in [0.717, 1.165) is 0 Å². The van der Waals surface area contributed by atoms with Gasteiger partial charge in [0.2, 0.25) is 5.75 Å². The van der Waals surface area contributed by atoms with Gasteiger partial charge in [0, 0.05) is 19.2 Å². The Hall–Kier alpha value is -2.15. The monoisotopic (exact) mass is 251 g/mol. The van der Waals surface area contributed by atoms with E-state index in [1.54, 1.807) is 0 Å². The first-order valence-electron chi connectivity index (χ1n) is 5.46. The van der Waals surface area contributed by atoms with Gasteiger partial charge in [-0.25, -0.2) is 0 Å². The van der Waals surface area contributed by atoms with Crippen LogP contribution < -0.4 is 15.4 Å². The minimum Gasteiger partial charge on any atom is -0.490 e. The van der Waals surface area contributed by atoms with Crippen LogP contribution in [0.4, 0.5) is 5.69 Å². The van der Waals surface area contributed by atoms with Crippen LogP contribution in [0.1, 0.15) is 10.4 Å². The molecule has 0 bridgehead atoms. The van der Waals surface area contributed by atoms with Gasteiger partial charge in [-0.2, -0.15) is 0 Å². The smallest absolute Gasteiger partial charge is 0.311 e. The van der Waals surface area contributed by atoms with Crippen molar-refractivity contribution in [3.05, 3.63) is 33.9 Å². The van der Waals surface area contributed by atoms with Crippen LogP contribution in [0.15, 0.2) is 18.2 Å². The zero-order chi connectivity index (χ0) is 13.1. The molecule has 18 heavy (non-hydrogen) atoms. The van der Waals surface area contributed by atoms with Crippen LogP contribution in [0.2, 0.25) is 0 Å². The minimum atomic E-state index is -0.569. The third-order valence-corrected chi connectivity index (χ3v) is 2.76. The van der Waals surface area contributed by atoms with E-state index in [-0.39, 0.29) is 28.9 Å². The summed E-state index contributed by atoms with van der Waals surface area (Å²) in [7, 11) is 1.31. The van der Waals surface area contributed by atoms with E-state index in [9.17, 15) is 14.9 Å². The number of nitro groups is 1. The van der Waals surface area contributed by atoms with Crippen molar-refractivity contribution in [2.45, 2.75) is 6.04 Å². The molecule has 1 aromatic carbocycles. The Balaban J connectivity index is 2.28. The summed E-state index contributed by atoms with van der Waals surface area (Å²) in [5.41, 5.74) is -0.0320. The maximum Gasteiger partial charge on any atom is 0.311 e. The van der Waals surface area contributed by atoms with Gasteiger partial charge in [-0.3, -0.25) is 14.9 Å². The van der Waals surface area contributed by atoms with E-state index in [4.69, 9.17) is 4.74 Å². The summed E-state index contributed by atoms with van der Waals surface area (Å²) in [4.78, 5) is 22.2. The topological polar surface area (TPSA) is 93.5 Å². The standard InChI is InChI=1S/C11H13N3O4/c1-18-10-8(3-2-4-9(10)14(16)17)11(15)13-7-5-12-6-7/h2-4,7,12H,5-6H2,1H3,(H,13,15). The summed E-state index contributed by atoms with van der Waals surface area (Å²) >= 11 is 0. The number of benzene rings is 1. The highest BCUT2D eigenvalue weighted by Gasteiger charge is 2.25. The molecule has 0 atom stereocenters. The largest absolute Gasteiger partial charge is 0.490 e. The second kappa shape index (κ2) is 5.01. The maximum atomic E-state index is 12.0. The van der Waals surface area contributed by atoms with Gasteiger partial charge >= 0.3 is 5.69 Å². The highest BCUT2D eigenvalue weighted by atomic mass is 16.6. The van der Waals surface area contributed by atoms with Gasteiger partial charge < -0.3 is 15.4 Å². The summed E-state index contributed by atoms with van der Waals surface area (Å²) < 4.78 is 4.97. The average molecular weight is 251 g/mol. The molecule has 1 amide bonds. The lowest BCUT2D eigenvalue weighted by Crippen LogP contribution is -2.56. The van der Waals surface area contributed by atoms with Crippen molar-refractivity contribution in [3.8, 4) is 5.75 Å². The third-order valence-electron chi connectivity index (χ3n) is 2.76. The van der Waals surface area contributed by atoms with Crippen molar-refractivity contribution in [1.29, 1.82) is 0 Å². The van der Waals surface area contributed by atoms with Crippen molar-refractivity contribution in [2.75, 3.05) is 20.2 Å². The van der Waals surface area contributed by atoms with E-state index < -0.39 is 4.92 Å². The lowest BCUT2D eigenvalue weighted by atomic mass is 10.1. The molecule has 0 unspecified atom stereocenters. The fourth-order valence-corrected chi connectivity index (χ4v) is 1.72. The molecule has 1 fully saturated rings. The van der Waals surface area contributed by atoms with Crippen LogP contribution in [-0.2, 0) is 0 Å². The first kappa shape index (κ1) is 12.3. The van der Waals surface area contributed by atoms with Gasteiger partial charge in [-0.1, -0.05) is 6.07 Å². The quantitative estimate of drug-likeness (QED) is 0.593. The van der Waals surface area contributed by atoms with E-state index in [1.807, 2.05) is 0 Å². The van der Waals surface area contributed by atoms with Crippen LogP contribution in [0, 0.1) is 10.1 Å². The molecule has 1 aromatic rings. The van der Waals surface area contributed by atoms with E-state index in [1.165, 1.54) is 25.3 Å². The first-order valence-corrected chi connectivity index (χ1v) is 5.46. The number of hydrogen-bond donors (Lipinski definition) is 2. The maximum absolute atomic E-state index is 12.0. The number of para-hydroxylation sites is 1. The van der Waals surface area contributed by atoms with Crippen LogP contribution in [0.25, 0.3) is 0 Å². The number of nitro benzene ring substituents is 1. The second-order valence-corrected chi connectivity index (χ2v) is 3.94. The van der Waals surface area contributed by atoms with Crippen molar-refractivity contribution in [3.63, 3.8) is 0 Å². The molecule has 1 aliphatic rings. The van der Waals surface area contributed by atoms with E-state index in [0.29, 0.717) is 13.1 Å². The molecule has 96 valence electrons. The fourth-order valence-electron chi connectivity index (χ4n) is 1.72. The van der Waals surface area contributed by atoms with Gasteiger partial charge in [-0.15, -0.1) is 0 Å². The zero-order valence-electron chi connectivity index (χ0n) is 9.80. The Bertz CT molecular complexity index is 485. The summed E-state index contributed by atoms with van der Waals surface area (Å²) in [5, 5.41) is 16.6. The van der Waals surface area contributed by atoms with E-state index >= 15 is 0 Å². The Morgan fingerprint density at radius 1 is 1.56 bits per heavy atom. The summed E-state index contributed by atoms with van der Waals surface area (Å²) in [5.74, 6) is -0.366. The highest BCUT2D eigenvalue weighted by Crippen LogP contribution is 2.30. The number of nitrogens with zero attached hydrogens (tertiary/aromatic N) is 1. The zero-order valence-corrected chi connectivity index (χ0v) is 9.80. The number of ether oxygens (including phenoxy) is 1. The summed E-state index contributed by atoms with van der Waals surface area (Å²) in [6.45, 7) is 1.42. The van der Waals surface area contributed by atoms with Crippen LogP contribution in [0.5, 0.6) is 5.75 Å². The molecule has 0 saturated carbocycles. The number of amides is 1. The number of rotatable bonds is 4. The van der Waals surface area contributed by atoms with Crippen molar-refractivity contribution in [2.24, 2.45) is 0 Å². The lowest BCUT2D eigenvalue weighted by molar-refractivity contribution is -0.385. The van der Waals surface area contributed by atoms with E-state index in [2.05, 4.69) is 10.6 Å². The van der Waals surface area contributed by atoms with Crippen LogP contribution in [0.3, 0.4) is 0 Å². The van der Waals surface area contributed by atoms with Crippen molar-refractivity contribution in [1.82, 2.24) is 10.6 Å². The Morgan fingerprint density at radius 2 is 2.28 bits per heavy atom.